The maximum atomic E-state index is 14.3. The van der Waals surface area contributed by atoms with E-state index in [9.17, 15) is 14.0 Å². The summed E-state index contributed by atoms with van der Waals surface area (Å²) in [5.41, 5.74) is 0.350. The minimum atomic E-state index is -0.981. The van der Waals surface area contributed by atoms with E-state index in [0.29, 0.717) is 24.9 Å². The summed E-state index contributed by atoms with van der Waals surface area (Å²) in [6.45, 7) is 0.0115. The lowest BCUT2D eigenvalue weighted by Crippen LogP contribution is -2.38. The number of carbonyl (C=O) groups excluding carboxylic acids is 2. The number of halogens is 1. The van der Waals surface area contributed by atoms with Crippen molar-refractivity contribution in [1.82, 2.24) is 5.32 Å². The molecule has 3 rings (SSSR count). The van der Waals surface area contributed by atoms with Crippen LogP contribution in [0.1, 0.15) is 36.8 Å². The fourth-order valence-electron chi connectivity index (χ4n) is 3.53. The molecule has 4 nitrogen and oxygen atoms in total. The molecule has 26 heavy (non-hydrogen) atoms. The maximum Gasteiger partial charge on any atom is 0.317 e. The third-order valence-corrected chi connectivity index (χ3v) is 4.90. The molecule has 1 N–H and O–H groups in total. The highest BCUT2D eigenvalue weighted by atomic mass is 19.1. The van der Waals surface area contributed by atoms with Gasteiger partial charge in [-0.3, -0.25) is 9.59 Å². The molecule has 0 atom stereocenters. The van der Waals surface area contributed by atoms with E-state index in [4.69, 9.17) is 4.74 Å². The average Bonchev–Trinajstić information content (AvgIpc) is 3.16. The number of esters is 1. The molecule has 136 valence electrons. The summed E-state index contributed by atoms with van der Waals surface area (Å²) in [6, 6.07) is 15.8. The summed E-state index contributed by atoms with van der Waals surface area (Å²) in [7, 11) is 0. The second-order valence-corrected chi connectivity index (χ2v) is 6.61. The van der Waals surface area contributed by atoms with Gasteiger partial charge in [0.2, 0.25) is 0 Å². The van der Waals surface area contributed by atoms with E-state index < -0.39 is 17.2 Å². The summed E-state index contributed by atoms with van der Waals surface area (Å²) in [5.74, 6) is -1.29. The molecule has 0 saturated heterocycles. The molecule has 0 radical (unpaired) electrons. The number of benzene rings is 2. The first-order valence-electron chi connectivity index (χ1n) is 8.85. The smallest absolute Gasteiger partial charge is 0.317 e. The van der Waals surface area contributed by atoms with Crippen molar-refractivity contribution in [2.24, 2.45) is 0 Å². The summed E-state index contributed by atoms with van der Waals surface area (Å²) >= 11 is 0. The zero-order valence-electron chi connectivity index (χ0n) is 14.5. The first-order chi connectivity index (χ1) is 12.6. The van der Waals surface area contributed by atoms with Gasteiger partial charge in [-0.05, 0) is 24.5 Å². The van der Waals surface area contributed by atoms with Crippen molar-refractivity contribution in [3.8, 4) is 0 Å². The molecule has 1 amide bonds. The number of hydrogen-bond donors (Lipinski definition) is 1. The van der Waals surface area contributed by atoms with Gasteiger partial charge in [0.15, 0.2) is 6.61 Å². The summed E-state index contributed by atoms with van der Waals surface area (Å²) in [4.78, 5) is 24.7. The predicted octanol–water partition coefficient (Wildman–Crippen LogP) is 3.50. The zero-order valence-corrected chi connectivity index (χ0v) is 14.5. The van der Waals surface area contributed by atoms with Crippen molar-refractivity contribution in [1.29, 1.82) is 0 Å². The number of hydrogen-bond acceptors (Lipinski definition) is 3. The molecule has 1 saturated carbocycles. The van der Waals surface area contributed by atoms with Crippen molar-refractivity contribution < 1.29 is 18.7 Å². The number of carbonyl (C=O) groups is 2. The third kappa shape index (κ3) is 3.93. The topological polar surface area (TPSA) is 55.4 Å². The SMILES string of the molecule is O=C(COC(=O)C1(c2ccccc2F)CCCC1)NCc1ccccc1. The van der Waals surface area contributed by atoms with E-state index >= 15 is 0 Å². The molecule has 0 spiro atoms. The van der Waals surface area contributed by atoms with Crippen LogP contribution in [0.3, 0.4) is 0 Å². The normalized spacial score (nSPS) is 15.4. The van der Waals surface area contributed by atoms with E-state index in [-0.39, 0.29) is 12.5 Å². The van der Waals surface area contributed by atoms with Crippen LogP contribution >= 0.6 is 0 Å². The molecule has 0 aromatic heterocycles. The molecule has 0 unspecified atom stereocenters. The average molecular weight is 355 g/mol. The highest BCUT2D eigenvalue weighted by molar-refractivity contribution is 5.86. The second-order valence-electron chi connectivity index (χ2n) is 6.61. The maximum absolute atomic E-state index is 14.3. The molecular formula is C21H22FNO3. The highest BCUT2D eigenvalue weighted by Crippen LogP contribution is 2.43. The third-order valence-electron chi connectivity index (χ3n) is 4.90. The Bertz CT molecular complexity index is 770. The van der Waals surface area contributed by atoms with Crippen LogP contribution in [0.5, 0.6) is 0 Å². The lowest BCUT2D eigenvalue weighted by atomic mass is 9.78. The van der Waals surface area contributed by atoms with E-state index in [1.807, 2.05) is 30.3 Å². The zero-order chi connectivity index (χ0) is 18.4. The van der Waals surface area contributed by atoms with Gasteiger partial charge in [0.25, 0.3) is 5.91 Å². The molecular weight excluding hydrogens is 333 g/mol. The van der Waals surface area contributed by atoms with Gasteiger partial charge in [0, 0.05) is 12.1 Å². The first kappa shape index (κ1) is 18.1. The molecule has 2 aromatic rings. The molecule has 0 bridgehead atoms. The molecule has 5 heteroatoms. The van der Waals surface area contributed by atoms with Crippen LogP contribution in [-0.4, -0.2) is 18.5 Å². The van der Waals surface area contributed by atoms with Gasteiger partial charge < -0.3 is 10.1 Å². The largest absolute Gasteiger partial charge is 0.455 e. The lowest BCUT2D eigenvalue weighted by Gasteiger charge is -2.27. The molecule has 1 aliphatic rings. The summed E-state index contributed by atoms with van der Waals surface area (Å²) < 4.78 is 19.5. The van der Waals surface area contributed by atoms with Gasteiger partial charge in [-0.2, -0.15) is 0 Å². The number of ether oxygens (including phenoxy) is 1. The molecule has 2 aromatic carbocycles. The van der Waals surface area contributed by atoms with E-state index in [2.05, 4.69) is 5.32 Å². The van der Waals surface area contributed by atoms with Crippen LogP contribution < -0.4 is 5.32 Å². The van der Waals surface area contributed by atoms with Gasteiger partial charge in [-0.15, -0.1) is 0 Å². The molecule has 1 fully saturated rings. The van der Waals surface area contributed by atoms with Crippen LogP contribution in [0, 0.1) is 5.82 Å². The van der Waals surface area contributed by atoms with Crippen molar-refractivity contribution in [3.05, 3.63) is 71.5 Å². The Balaban J connectivity index is 1.60. The quantitative estimate of drug-likeness (QED) is 0.807. The molecule has 0 aliphatic heterocycles. The summed E-state index contributed by atoms with van der Waals surface area (Å²) in [6.07, 6.45) is 2.75. The van der Waals surface area contributed by atoms with Crippen molar-refractivity contribution >= 4 is 11.9 Å². The number of amides is 1. The lowest BCUT2D eigenvalue weighted by molar-refractivity contribution is -0.154. The predicted molar refractivity (Wildman–Crippen MR) is 95.8 cm³/mol. The van der Waals surface area contributed by atoms with Crippen LogP contribution in [0.25, 0.3) is 0 Å². The van der Waals surface area contributed by atoms with Gasteiger partial charge in [-0.1, -0.05) is 61.4 Å². The first-order valence-corrected chi connectivity index (χ1v) is 8.85. The van der Waals surface area contributed by atoms with Crippen LogP contribution in [0.2, 0.25) is 0 Å². The van der Waals surface area contributed by atoms with Crippen LogP contribution in [-0.2, 0) is 26.3 Å². The standard InChI is InChI=1S/C21H22FNO3/c22-18-11-5-4-10-17(18)21(12-6-7-13-21)20(25)26-15-19(24)23-14-16-8-2-1-3-9-16/h1-5,8-11H,6-7,12-15H2,(H,23,24). The molecule has 1 aliphatic carbocycles. The van der Waals surface area contributed by atoms with Gasteiger partial charge >= 0.3 is 5.97 Å². The number of rotatable bonds is 6. The summed E-state index contributed by atoms with van der Waals surface area (Å²) in [5, 5.41) is 2.72. The minimum absolute atomic E-state index is 0.359. The van der Waals surface area contributed by atoms with Crippen molar-refractivity contribution in [3.63, 3.8) is 0 Å². The van der Waals surface area contributed by atoms with E-state index in [0.717, 1.165) is 18.4 Å². The minimum Gasteiger partial charge on any atom is -0.455 e. The Labute approximate surface area is 152 Å². The second kappa shape index (κ2) is 8.13. The van der Waals surface area contributed by atoms with E-state index in [1.54, 1.807) is 18.2 Å². The van der Waals surface area contributed by atoms with Gasteiger partial charge in [0.1, 0.15) is 5.82 Å². The number of nitrogens with one attached hydrogen (secondary N) is 1. The Morgan fingerprint density at radius 2 is 1.65 bits per heavy atom. The molecule has 0 heterocycles. The highest BCUT2D eigenvalue weighted by Gasteiger charge is 2.45. The van der Waals surface area contributed by atoms with Crippen molar-refractivity contribution in [2.75, 3.05) is 6.61 Å². The Kier molecular flexibility index (Phi) is 5.66. The van der Waals surface area contributed by atoms with Crippen LogP contribution in [0.15, 0.2) is 54.6 Å². The Hall–Kier alpha value is -2.69. The van der Waals surface area contributed by atoms with Gasteiger partial charge in [0.05, 0.1) is 5.41 Å². The fraction of sp³-hybridized carbons (Fsp3) is 0.333. The fourth-order valence-corrected chi connectivity index (χ4v) is 3.53. The van der Waals surface area contributed by atoms with Crippen LogP contribution in [0.4, 0.5) is 4.39 Å². The van der Waals surface area contributed by atoms with Gasteiger partial charge in [-0.25, -0.2) is 4.39 Å². The monoisotopic (exact) mass is 355 g/mol. The Morgan fingerprint density at radius 1 is 1.00 bits per heavy atom. The Morgan fingerprint density at radius 3 is 2.35 bits per heavy atom. The van der Waals surface area contributed by atoms with E-state index in [1.165, 1.54) is 6.07 Å². The van der Waals surface area contributed by atoms with Crippen molar-refractivity contribution in [2.45, 2.75) is 37.6 Å².